The van der Waals surface area contributed by atoms with Crippen molar-refractivity contribution in [2.24, 2.45) is 0 Å². The number of carbonyl (C=O) groups is 2. The molecule has 3 heterocycles. The van der Waals surface area contributed by atoms with Crippen LogP contribution in [0.1, 0.15) is 24.5 Å². The number of amides is 2. The first-order valence-electron chi connectivity index (χ1n) is 10.8. The first-order chi connectivity index (χ1) is 14.9. The fourth-order valence-electron chi connectivity index (χ4n) is 4.52. The van der Waals surface area contributed by atoms with Crippen molar-refractivity contribution in [3.8, 4) is 0 Å². The zero-order valence-corrected chi connectivity index (χ0v) is 18.2. The summed E-state index contributed by atoms with van der Waals surface area (Å²) in [7, 11) is 3.82. The van der Waals surface area contributed by atoms with Gasteiger partial charge in [-0.15, -0.1) is 0 Å². The van der Waals surface area contributed by atoms with Gasteiger partial charge >= 0.3 is 6.09 Å². The molecule has 0 spiro atoms. The van der Waals surface area contributed by atoms with E-state index in [0.29, 0.717) is 19.6 Å². The van der Waals surface area contributed by atoms with Crippen LogP contribution in [-0.4, -0.2) is 102 Å². The van der Waals surface area contributed by atoms with Gasteiger partial charge in [0, 0.05) is 56.3 Å². The largest absolute Gasteiger partial charge is 0.465 e. The van der Waals surface area contributed by atoms with Crippen LogP contribution in [0.4, 0.5) is 10.5 Å². The number of benzene rings is 1. The summed E-state index contributed by atoms with van der Waals surface area (Å²) in [4.78, 5) is 40.1. The van der Waals surface area contributed by atoms with Gasteiger partial charge in [0.1, 0.15) is 6.33 Å². The summed E-state index contributed by atoms with van der Waals surface area (Å²) in [6.45, 7) is 4.58. The van der Waals surface area contributed by atoms with Crippen LogP contribution in [-0.2, 0) is 4.79 Å². The van der Waals surface area contributed by atoms with Crippen molar-refractivity contribution >= 4 is 28.6 Å². The Hall–Kier alpha value is -2.94. The Labute approximate surface area is 182 Å². The van der Waals surface area contributed by atoms with Crippen LogP contribution in [0.25, 0.3) is 10.9 Å². The number of carbonyl (C=O) groups excluding carboxylic acids is 1. The number of carboxylic acid groups (broad SMARTS) is 1. The third kappa shape index (κ3) is 4.71. The second-order valence-electron chi connectivity index (χ2n) is 8.61. The molecule has 31 heavy (non-hydrogen) atoms. The minimum atomic E-state index is -0.848. The third-order valence-corrected chi connectivity index (χ3v) is 6.25. The van der Waals surface area contributed by atoms with Crippen molar-refractivity contribution in [3.05, 3.63) is 30.2 Å². The van der Waals surface area contributed by atoms with Gasteiger partial charge in [-0.1, -0.05) is 0 Å². The molecular weight excluding hydrogens is 396 g/mol. The molecule has 2 amide bonds. The molecule has 2 aromatic rings. The quantitative estimate of drug-likeness (QED) is 0.795. The summed E-state index contributed by atoms with van der Waals surface area (Å²) >= 11 is 0. The predicted octanol–water partition coefficient (Wildman–Crippen LogP) is 1.70. The summed E-state index contributed by atoms with van der Waals surface area (Å²) in [5, 5.41) is 10.2. The lowest BCUT2D eigenvalue weighted by atomic mass is 9.91. The minimum Gasteiger partial charge on any atom is -0.465 e. The number of piperidine rings is 1. The molecule has 2 saturated heterocycles. The summed E-state index contributed by atoms with van der Waals surface area (Å²) < 4.78 is 0. The number of hydrogen-bond acceptors (Lipinski definition) is 6. The van der Waals surface area contributed by atoms with Crippen molar-refractivity contribution in [1.29, 1.82) is 0 Å². The van der Waals surface area contributed by atoms with Gasteiger partial charge in [0.15, 0.2) is 0 Å². The Balaban J connectivity index is 1.45. The molecule has 1 aromatic carbocycles. The molecule has 1 aromatic heterocycles. The molecule has 9 nitrogen and oxygen atoms in total. The highest BCUT2D eigenvalue weighted by atomic mass is 16.4. The Bertz CT molecular complexity index is 949. The first-order valence-corrected chi connectivity index (χ1v) is 10.8. The first kappa shape index (κ1) is 21.3. The Morgan fingerprint density at radius 3 is 2.39 bits per heavy atom. The molecule has 1 N–H and O–H groups in total. The Kier molecular flexibility index (Phi) is 6.22. The number of hydrogen-bond donors (Lipinski definition) is 1. The van der Waals surface area contributed by atoms with Crippen LogP contribution in [0.5, 0.6) is 0 Å². The number of likely N-dealkylation sites (tertiary alicyclic amines) is 1. The van der Waals surface area contributed by atoms with Gasteiger partial charge in [0.2, 0.25) is 5.91 Å². The molecule has 0 atom stereocenters. The molecule has 2 fully saturated rings. The molecular formula is C22H30N6O3. The van der Waals surface area contributed by atoms with Crippen molar-refractivity contribution in [2.45, 2.75) is 18.8 Å². The van der Waals surface area contributed by atoms with Crippen LogP contribution in [0.3, 0.4) is 0 Å². The van der Waals surface area contributed by atoms with Gasteiger partial charge in [-0.3, -0.25) is 4.79 Å². The molecule has 0 radical (unpaired) electrons. The van der Waals surface area contributed by atoms with Gasteiger partial charge in [0.05, 0.1) is 17.8 Å². The maximum atomic E-state index is 12.3. The molecule has 2 aliphatic rings. The lowest BCUT2D eigenvalue weighted by Crippen LogP contribution is -2.50. The van der Waals surface area contributed by atoms with Crippen molar-refractivity contribution in [3.63, 3.8) is 0 Å². The van der Waals surface area contributed by atoms with E-state index in [4.69, 9.17) is 0 Å². The number of piperazine rings is 1. The minimum absolute atomic E-state index is 0.175. The van der Waals surface area contributed by atoms with Gasteiger partial charge in [0.25, 0.3) is 0 Å². The molecule has 9 heteroatoms. The fourth-order valence-corrected chi connectivity index (χ4v) is 4.52. The van der Waals surface area contributed by atoms with Crippen LogP contribution in [0.2, 0.25) is 0 Å². The maximum absolute atomic E-state index is 12.3. The second kappa shape index (κ2) is 9.05. The Morgan fingerprint density at radius 2 is 1.74 bits per heavy atom. The van der Waals surface area contributed by atoms with E-state index in [-0.39, 0.29) is 11.8 Å². The summed E-state index contributed by atoms with van der Waals surface area (Å²) in [5.41, 5.74) is 3.03. The molecule has 0 aliphatic carbocycles. The second-order valence-corrected chi connectivity index (χ2v) is 8.61. The molecule has 0 unspecified atom stereocenters. The van der Waals surface area contributed by atoms with E-state index in [1.54, 1.807) is 6.33 Å². The van der Waals surface area contributed by atoms with Crippen LogP contribution in [0.15, 0.2) is 24.5 Å². The molecule has 2 aliphatic heterocycles. The van der Waals surface area contributed by atoms with E-state index in [0.717, 1.165) is 61.3 Å². The third-order valence-electron chi connectivity index (χ3n) is 6.25. The molecule has 166 valence electrons. The summed E-state index contributed by atoms with van der Waals surface area (Å²) in [5.74, 6) is 0.424. The van der Waals surface area contributed by atoms with Crippen molar-refractivity contribution < 1.29 is 14.7 Å². The summed E-state index contributed by atoms with van der Waals surface area (Å²) in [6.07, 6.45) is 2.33. The number of aromatic nitrogens is 2. The van der Waals surface area contributed by atoms with E-state index in [9.17, 15) is 14.7 Å². The van der Waals surface area contributed by atoms with Gasteiger partial charge in [-0.05, 0) is 45.1 Å². The Morgan fingerprint density at radius 1 is 1.03 bits per heavy atom. The highest BCUT2D eigenvalue weighted by molar-refractivity contribution is 5.85. The number of anilines is 1. The molecule has 4 rings (SSSR count). The topological polar surface area (TPSA) is 93.1 Å². The number of rotatable bonds is 4. The monoisotopic (exact) mass is 426 g/mol. The van der Waals surface area contributed by atoms with Crippen molar-refractivity contribution in [1.82, 2.24) is 24.7 Å². The molecule has 0 bridgehead atoms. The van der Waals surface area contributed by atoms with Gasteiger partial charge in [-0.2, -0.15) is 0 Å². The lowest BCUT2D eigenvalue weighted by Gasteiger charge is -2.36. The SMILES string of the molecule is CN(C)CC(=O)N1CCN(c2ccc3c(C4CCN(C(=O)O)CC4)ncnc3c2)CC1. The average molecular weight is 427 g/mol. The van der Waals surface area contributed by atoms with E-state index < -0.39 is 6.09 Å². The maximum Gasteiger partial charge on any atom is 0.407 e. The van der Waals surface area contributed by atoms with Crippen LogP contribution in [0, 0.1) is 0 Å². The van der Waals surface area contributed by atoms with Gasteiger partial charge < -0.3 is 24.7 Å². The van der Waals surface area contributed by atoms with E-state index in [1.165, 1.54) is 4.90 Å². The van der Waals surface area contributed by atoms with E-state index in [1.807, 2.05) is 23.9 Å². The predicted molar refractivity (Wildman–Crippen MR) is 118 cm³/mol. The lowest BCUT2D eigenvalue weighted by molar-refractivity contribution is -0.132. The highest BCUT2D eigenvalue weighted by Gasteiger charge is 2.26. The summed E-state index contributed by atoms with van der Waals surface area (Å²) in [6, 6.07) is 6.30. The number of fused-ring (bicyclic) bond motifs is 1. The van der Waals surface area contributed by atoms with Gasteiger partial charge in [-0.25, -0.2) is 14.8 Å². The number of nitrogens with zero attached hydrogens (tertiary/aromatic N) is 6. The van der Waals surface area contributed by atoms with Crippen molar-refractivity contribution in [2.75, 3.05) is 64.8 Å². The fraction of sp³-hybridized carbons (Fsp3) is 0.545. The van der Waals surface area contributed by atoms with Crippen LogP contribution < -0.4 is 4.90 Å². The van der Waals surface area contributed by atoms with Crippen LogP contribution >= 0.6 is 0 Å². The zero-order valence-electron chi connectivity index (χ0n) is 18.2. The average Bonchev–Trinajstić information content (AvgIpc) is 2.78. The standard InChI is InChI=1S/C22H30N6O3/c1-25(2)14-20(29)27-11-9-26(10-12-27)17-3-4-18-19(13-17)23-15-24-21(18)16-5-7-28(8-6-16)22(30)31/h3-4,13,15-16H,5-12,14H2,1-2H3,(H,30,31). The zero-order chi connectivity index (χ0) is 22.0. The highest BCUT2D eigenvalue weighted by Crippen LogP contribution is 2.32. The smallest absolute Gasteiger partial charge is 0.407 e. The number of likely N-dealkylation sites (N-methyl/N-ethyl adjacent to an activating group) is 1. The van der Waals surface area contributed by atoms with E-state index in [2.05, 4.69) is 33.1 Å². The molecule has 0 saturated carbocycles. The normalized spacial score (nSPS) is 18.1. The van der Waals surface area contributed by atoms with E-state index >= 15 is 0 Å².